The highest BCUT2D eigenvalue weighted by molar-refractivity contribution is 5.75. The molecule has 110 valence electrons. The maximum Gasteiger partial charge on any atom is 0.0722 e. The monoisotopic (exact) mass is 288 g/mol. The molecule has 0 N–H and O–H groups in total. The van der Waals surface area contributed by atoms with Gasteiger partial charge in [0.1, 0.15) is 0 Å². The van der Waals surface area contributed by atoms with Crippen LogP contribution < -0.4 is 0 Å². The Labute approximate surface area is 132 Å². The largest absolute Gasteiger partial charge is 0.377 e. The molecule has 3 aromatic carbocycles. The Kier molecular flexibility index (Phi) is 4.67. The molecule has 0 spiro atoms. The first-order chi connectivity index (χ1) is 10.9. The lowest BCUT2D eigenvalue weighted by Gasteiger charge is -2.12. The molecule has 0 atom stereocenters. The molecule has 0 fully saturated rings. The Morgan fingerprint density at radius 2 is 1.32 bits per heavy atom. The normalized spacial score (nSPS) is 10.6. The average Bonchev–Trinajstić information content (AvgIpc) is 2.61. The molecule has 0 aliphatic heterocycles. The van der Waals surface area contributed by atoms with Crippen molar-refractivity contribution in [3.05, 3.63) is 84.4 Å². The first-order valence-corrected chi connectivity index (χ1v) is 7.70. The summed E-state index contributed by atoms with van der Waals surface area (Å²) >= 11 is 0. The van der Waals surface area contributed by atoms with Gasteiger partial charge in [0.15, 0.2) is 0 Å². The fourth-order valence-corrected chi connectivity index (χ4v) is 2.61. The van der Waals surface area contributed by atoms with Crippen LogP contribution in [0.4, 0.5) is 0 Å². The Hall–Kier alpha value is -2.38. The Bertz CT molecular complexity index is 717. The van der Waals surface area contributed by atoms with Crippen LogP contribution in [0.5, 0.6) is 0 Å². The van der Waals surface area contributed by atoms with E-state index in [-0.39, 0.29) is 0 Å². The second kappa shape index (κ2) is 7.06. The second-order valence-electron chi connectivity index (χ2n) is 5.24. The van der Waals surface area contributed by atoms with E-state index in [2.05, 4.69) is 66.7 Å². The number of hydrogen-bond donors (Lipinski definition) is 0. The minimum Gasteiger partial charge on any atom is -0.377 e. The van der Waals surface area contributed by atoms with Crippen molar-refractivity contribution in [1.29, 1.82) is 0 Å². The molecule has 0 amide bonds. The van der Waals surface area contributed by atoms with E-state index in [0.29, 0.717) is 6.61 Å². The van der Waals surface area contributed by atoms with Crippen LogP contribution in [-0.4, -0.2) is 6.61 Å². The number of hydrogen-bond acceptors (Lipinski definition) is 1. The van der Waals surface area contributed by atoms with E-state index in [9.17, 15) is 0 Å². The zero-order valence-corrected chi connectivity index (χ0v) is 12.8. The van der Waals surface area contributed by atoms with E-state index in [1.54, 1.807) is 0 Å². The summed E-state index contributed by atoms with van der Waals surface area (Å²) in [4.78, 5) is 0. The summed E-state index contributed by atoms with van der Waals surface area (Å²) < 4.78 is 5.63. The quantitative estimate of drug-likeness (QED) is 0.597. The van der Waals surface area contributed by atoms with Gasteiger partial charge in [-0.1, -0.05) is 72.8 Å². The Morgan fingerprint density at radius 3 is 1.95 bits per heavy atom. The maximum atomic E-state index is 5.63. The van der Waals surface area contributed by atoms with Gasteiger partial charge in [0, 0.05) is 6.61 Å². The topological polar surface area (TPSA) is 9.23 Å². The van der Waals surface area contributed by atoms with Crippen LogP contribution in [0, 0.1) is 0 Å². The third-order valence-corrected chi connectivity index (χ3v) is 3.76. The average molecular weight is 288 g/mol. The second-order valence-corrected chi connectivity index (χ2v) is 5.24. The van der Waals surface area contributed by atoms with Crippen molar-refractivity contribution in [3.63, 3.8) is 0 Å². The Balaban J connectivity index is 2.06. The van der Waals surface area contributed by atoms with Crippen LogP contribution in [-0.2, 0) is 11.3 Å². The standard InChI is InChI=1S/C21H20O/c1-2-22-16-20-14-13-19(17-9-5-3-6-10-17)15-21(20)18-11-7-4-8-12-18/h3-15H,2,16H2,1H3. The molecular formula is C21H20O. The van der Waals surface area contributed by atoms with Crippen molar-refractivity contribution >= 4 is 0 Å². The summed E-state index contributed by atoms with van der Waals surface area (Å²) in [5, 5.41) is 0. The fraction of sp³-hybridized carbons (Fsp3) is 0.143. The van der Waals surface area contributed by atoms with Crippen molar-refractivity contribution < 1.29 is 4.74 Å². The van der Waals surface area contributed by atoms with Gasteiger partial charge >= 0.3 is 0 Å². The molecule has 0 saturated heterocycles. The van der Waals surface area contributed by atoms with Crippen LogP contribution in [0.3, 0.4) is 0 Å². The molecule has 0 aliphatic carbocycles. The lowest BCUT2D eigenvalue weighted by molar-refractivity contribution is 0.134. The number of ether oxygens (including phenoxy) is 1. The van der Waals surface area contributed by atoms with Crippen molar-refractivity contribution in [1.82, 2.24) is 0 Å². The first kappa shape index (κ1) is 14.6. The number of rotatable bonds is 5. The summed E-state index contributed by atoms with van der Waals surface area (Å²) in [5.41, 5.74) is 6.18. The van der Waals surface area contributed by atoms with Gasteiger partial charge < -0.3 is 4.74 Å². The van der Waals surface area contributed by atoms with Crippen molar-refractivity contribution in [2.24, 2.45) is 0 Å². The molecule has 3 aromatic rings. The van der Waals surface area contributed by atoms with Gasteiger partial charge in [-0.3, -0.25) is 0 Å². The molecule has 0 unspecified atom stereocenters. The Morgan fingerprint density at radius 1 is 0.682 bits per heavy atom. The van der Waals surface area contributed by atoms with E-state index in [1.165, 1.54) is 27.8 Å². The van der Waals surface area contributed by atoms with Crippen molar-refractivity contribution in [2.75, 3.05) is 6.61 Å². The van der Waals surface area contributed by atoms with Crippen molar-refractivity contribution in [3.8, 4) is 22.3 Å². The van der Waals surface area contributed by atoms with Gasteiger partial charge in [0.05, 0.1) is 6.61 Å². The molecule has 1 heteroatoms. The van der Waals surface area contributed by atoms with E-state index >= 15 is 0 Å². The minimum atomic E-state index is 0.649. The molecule has 0 bridgehead atoms. The van der Waals surface area contributed by atoms with E-state index in [4.69, 9.17) is 4.74 Å². The highest BCUT2D eigenvalue weighted by atomic mass is 16.5. The zero-order chi connectivity index (χ0) is 15.2. The lowest BCUT2D eigenvalue weighted by Crippen LogP contribution is -1.95. The lowest BCUT2D eigenvalue weighted by atomic mass is 9.95. The predicted molar refractivity (Wildman–Crippen MR) is 92.6 cm³/mol. The molecule has 0 saturated carbocycles. The zero-order valence-electron chi connectivity index (χ0n) is 12.8. The molecule has 0 aliphatic rings. The molecule has 0 radical (unpaired) electrons. The van der Waals surface area contributed by atoms with Crippen LogP contribution in [0.1, 0.15) is 12.5 Å². The molecule has 22 heavy (non-hydrogen) atoms. The van der Waals surface area contributed by atoms with Gasteiger partial charge in [0.25, 0.3) is 0 Å². The van der Waals surface area contributed by atoms with E-state index < -0.39 is 0 Å². The van der Waals surface area contributed by atoms with Crippen molar-refractivity contribution in [2.45, 2.75) is 13.5 Å². The smallest absolute Gasteiger partial charge is 0.0722 e. The molecular weight excluding hydrogens is 268 g/mol. The summed E-state index contributed by atoms with van der Waals surface area (Å²) in [6.07, 6.45) is 0. The molecule has 3 rings (SSSR count). The highest BCUT2D eigenvalue weighted by Gasteiger charge is 2.07. The SMILES string of the molecule is CCOCc1ccc(-c2ccccc2)cc1-c1ccccc1. The third-order valence-electron chi connectivity index (χ3n) is 3.76. The van der Waals surface area contributed by atoms with Crippen LogP contribution in [0.2, 0.25) is 0 Å². The minimum absolute atomic E-state index is 0.649. The number of benzene rings is 3. The maximum absolute atomic E-state index is 5.63. The van der Waals surface area contributed by atoms with Gasteiger partial charge in [-0.15, -0.1) is 0 Å². The summed E-state index contributed by atoms with van der Waals surface area (Å²) in [5.74, 6) is 0. The van der Waals surface area contributed by atoms with Crippen LogP contribution in [0.25, 0.3) is 22.3 Å². The van der Waals surface area contributed by atoms with Crippen LogP contribution in [0.15, 0.2) is 78.9 Å². The van der Waals surface area contributed by atoms with E-state index in [1.807, 2.05) is 19.1 Å². The molecule has 0 aromatic heterocycles. The third kappa shape index (κ3) is 3.26. The highest BCUT2D eigenvalue weighted by Crippen LogP contribution is 2.30. The summed E-state index contributed by atoms with van der Waals surface area (Å²) in [6.45, 7) is 3.41. The molecule has 0 heterocycles. The summed E-state index contributed by atoms with van der Waals surface area (Å²) in [7, 11) is 0. The van der Waals surface area contributed by atoms with Gasteiger partial charge in [0.2, 0.25) is 0 Å². The van der Waals surface area contributed by atoms with Gasteiger partial charge in [-0.25, -0.2) is 0 Å². The predicted octanol–water partition coefficient (Wildman–Crippen LogP) is 5.56. The first-order valence-electron chi connectivity index (χ1n) is 7.70. The fourth-order valence-electron chi connectivity index (χ4n) is 2.61. The van der Waals surface area contributed by atoms with E-state index in [0.717, 1.165) is 6.61 Å². The van der Waals surface area contributed by atoms with Crippen LogP contribution >= 0.6 is 0 Å². The summed E-state index contributed by atoms with van der Waals surface area (Å²) in [6, 6.07) is 27.6. The van der Waals surface area contributed by atoms with Gasteiger partial charge in [-0.05, 0) is 40.8 Å². The van der Waals surface area contributed by atoms with Gasteiger partial charge in [-0.2, -0.15) is 0 Å². The molecule has 1 nitrogen and oxygen atoms in total.